The maximum absolute atomic E-state index is 12.3. The van der Waals surface area contributed by atoms with Crippen LogP contribution in [0.25, 0.3) is 0 Å². The largest absolute Gasteiger partial charge is 0.434 e. The van der Waals surface area contributed by atoms with Crippen LogP contribution in [0.4, 0.5) is 8.78 Å². The monoisotopic (exact) mass is 289 g/mol. The summed E-state index contributed by atoms with van der Waals surface area (Å²) in [6, 6.07) is 7.59. The Morgan fingerprint density at radius 1 is 1.22 bits per heavy atom. The van der Waals surface area contributed by atoms with E-state index in [9.17, 15) is 8.78 Å². The Bertz CT molecular complexity index is 532. The number of thiophene rings is 1. The van der Waals surface area contributed by atoms with E-state index < -0.39 is 12.7 Å². The molecule has 96 valence electrons. The number of rotatable bonds is 4. The molecule has 1 aromatic carbocycles. The van der Waals surface area contributed by atoms with Crippen LogP contribution in [0.5, 0.6) is 5.75 Å². The quantitative estimate of drug-likeness (QED) is 0.921. The Kier molecular flexibility index (Phi) is 4.16. The van der Waals surface area contributed by atoms with Gasteiger partial charge in [0.15, 0.2) is 0 Å². The summed E-state index contributed by atoms with van der Waals surface area (Å²) in [4.78, 5) is 0.724. The number of alkyl halides is 2. The third kappa shape index (κ3) is 2.80. The van der Waals surface area contributed by atoms with Gasteiger partial charge in [-0.15, -0.1) is 11.3 Å². The second-order valence-electron chi connectivity index (χ2n) is 3.53. The molecule has 0 aliphatic carbocycles. The molecule has 2 rings (SSSR count). The molecule has 0 saturated carbocycles. The molecule has 0 saturated heterocycles. The van der Waals surface area contributed by atoms with E-state index in [-0.39, 0.29) is 5.75 Å². The lowest BCUT2D eigenvalue weighted by Gasteiger charge is -2.15. The van der Waals surface area contributed by atoms with Crippen molar-refractivity contribution in [3.05, 3.63) is 51.2 Å². The van der Waals surface area contributed by atoms with Crippen molar-refractivity contribution in [2.45, 2.75) is 12.7 Å². The molecule has 6 heteroatoms. The van der Waals surface area contributed by atoms with E-state index in [4.69, 9.17) is 17.3 Å². The molecule has 0 amide bonds. The standard InChI is InChI=1S/C12H10ClF2NOS/c13-8-5-6-18-11(8)10(16)7-3-1-2-4-9(7)17-12(14)15/h1-6,10,12H,16H2. The first-order valence-corrected chi connectivity index (χ1v) is 6.37. The van der Waals surface area contributed by atoms with Crippen LogP contribution in [0.15, 0.2) is 35.7 Å². The Labute approximate surface area is 112 Å². The molecule has 2 aromatic rings. The van der Waals surface area contributed by atoms with Gasteiger partial charge in [0.05, 0.1) is 11.1 Å². The molecule has 0 aliphatic rings. The smallest absolute Gasteiger partial charge is 0.387 e. The van der Waals surface area contributed by atoms with E-state index in [0.29, 0.717) is 10.6 Å². The average Bonchev–Trinajstić information content (AvgIpc) is 2.74. The number of nitrogens with two attached hydrogens (primary N) is 1. The van der Waals surface area contributed by atoms with Crippen LogP contribution in [0.1, 0.15) is 16.5 Å². The van der Waals surface area contributed by atoms with Crippen LogP contribution in [0.3, 0.4) is 0 Å². The summed E-state index contributed by atoms with van der Waals surface area (Å²) < 4.78 is 29.1. The number of ether oxygens (including phenoxy) is 1. The predicted octanol–water partition coefficient (Wildman–Crippen LogP) is 4.05. The number of hydrogen-bond acceptors (Lipinski definition) is 3. The van der Waals surface area contributed by atoms with Gasteiger partial charge in [0.25, 0.3) is 0 Å². The number of hydrogen-bond donors (Lipinski definition) is 1. The molecular formula is C12H10ClF2NOS. The summed E-state index contributed by atoms with van der Waals surface area (Å²) in [7, 11) is 0. The molecule has 0 bridgehead atoms. The SMILES string of the molecule is NC(c1ccccc1OC(F)F)c1sccc1Cl. The molecule has 0 fully saturated rings. The third-order valence-electron chi connectivity index (χ3n) is 2.40. The fraction of sp³-hybridized carbons (Fsp3) is 0.167. The topological polar surface area (TPSA) is 35.2 Å². The number of para-hydroxylation sites is 1. The highest BCUT2D eigenvalue weighted by Gasteiger charge is 2.19. The van der Waals surface area contributed by atoms with Crippen molar-refractivity contribution >= 4 is 22.9 Å². The van der Waals surface area contributed by atoms with Crippen LogP contribution in [0, 0.1) is 0 Å². The van der Waals surface area contributed by atoms with E-state index in [0.717, 1.165) is 4.88 Å². The predicted molar refractivity (Wildman–Crippen MR) is 68.4 cm³/mol. The van der Waals surface area contributed by atoms with Crippen LogP contribution in [-0.2, 0) is 0 Å². The highest BCUT2D eigenvalue weighted by Crippen LogP contribution is 2.35. The lowest BCUT2D eigenvalue weighted by Crippen LogP contribution is -2.14. The molecule has 1 heterocycles. The van der Waals surface area contributed by atoms with E-state index in [2.05, 4.69) is 4.74 Å². The minimum absolute atomic E-state index is 0.0736. The van der Waals surface area contributed by atoms with Crippen molar-refractivity contribution in [1.82, 2.24) is 0 Å². The molecule has 0 radical (unpaired) electrons. The summed E-state index contributed by atoms with van der Waals surface area (Å²) in [6.07, 6.45) is 0. The second kappa shape index (κ2) is 5.65. The molecule has 18 heavy (non-hydrogen) atoms. The zero-order valence-electron chi connectivity index (χ0n) is 9.15. The van der Waals surface area contributed by atoms with Crippen molar-refractivity contribution in [3.63, 3.8) is 0 Å². The van der Waals surface area contributed by atoms with Gasteiger partial charge in [0, 0.05) is 10.4 Å². The van der Waals surface area contributed by atoms with E-state index in [1.807, 2.05) is 0 Å². The average molecular weight is 290 g/mol. The molecule has 2 N–H and O–H groups in total. The third-order valence-corrected chi connectivity index (χ3v) is 3.84. The second-order valence-corrected chi connectivity index (χ2v) is 4.88. The zero-order chi connectivity index (χ0) is 13.1. The zero-order valence-corrected chi connectivity index (χ0v) is 10.7. The highest BCUT2D eigenvalue weighted by atomic mass is 35.5. The normalized spacial score (nSPS) is 12.7. The first-order chi connectivity index (χ1) is 8.59. The van der Waals surface area contributed by atoms with Crippen molar-refractivity contribution in [1.29, 1.82) is 0 Å². The Hall–Kier alpha value is -1.17. The van der Waals surface area contributed by atoms with Gasteiger partial charge in [0.1, 0.15) is 5.75 Å². The van der Waals surface area contributed by atoms with Gasteiger partial charge in [-0.3, -0.25) is 0 Å². The van der Waals surface area contributed by atoms with Crippen molar-refractivity contribution in [2.24, 2.45) is 5.73 Å². The van der Waals surface area contributed by atoms with Gasteiger partial charge >= 0.3 is 6.61 Å². The summed E-state index contributed by atoms with van der Waals surface area (Å²) in [5.41, 5.74) is 6.53. The number of benzene rings is 1. The van der Waals surface area contributed by atoms with Gasteiger partial charge < -0.3 is 10.5 Å². The van der Waals surface area contributed by atoms with Gasteiger partial charge in [0.2, 0.25) is 0 Å². The van der Waals surface area contributed by atoms with Crippen molar-refractivity contribution in [2.75, 3.05) is 0 Å². The summed E-state index contributed by atoms with van der Waals surface area (Å²) >= 11 is 7.36. The minimum Gasteiger partial charge on any atom is -0.434 e. The molecule has 1 atom stereocenters. The Morgan fingerprint density at radius 2 is 1.94 bits per heavy atom. The van der Waals surface area contributed by atoms with Crippen LogP contribution in [0.2, 0.25) is 5.02 Å². The van der Waals surface area contributed by atoms with E-state index in [1.54, 1.807) is 29.6 Å². The first-order valence-electron chi connectivity index (χ1n) is 5.12. The van der Waals surface area contributed by atoms with Gasteiger partial charge in [-0.05, 0) is 17.5 Å². The summed E-state index contributed by atoms with van der Waals surface area (Å²) in [5, 5.41) is 2.33. The lowest BCUT2D eigenvalue weighted by molar-refractivity contribution is -0.0505. The highest BCUT2D eigenvalue weighted by molar-refractivity contribution is 7.10. The maximum atomic E-state index is 12.3. The van der Waals surface area contributed by atoms with E-state index in [1.165, 1.54) is 17.4 Å². The Balaban J connectivity index is 2.36. The molecule has 1 unspecified atom stereocenters. The van der Waals surface area contributed by atoms with Crippen molar-refractivity contribution in [3.8, 4) is 5.75 Å². The van der Waals surface area contributed by atoms with E-state index >= 15 is 0 Å². The van der Waals surface area contributed by atoms with Gasteiger partial charge in [-0.25, -0.2) is 0 Å². The minimum atomic E-state index is -2.88. The molecule has 2 nitrogen and oxygen atoms in total. The van der Waals surface area contributed by atoms with Gasteiger partial charge in [-0.2, -0.15) is 8.78 Å². The van der Waals surface area contributed by atoms with Crippen molar-refractivity contribution < 1.29 is 13.5 Å². The summed E-state index contributed by atoms with van der Waals surface area (Å²) in [6.45, 7) is -2.88. The fourth-order valence-electron chi connectivity index (χ4n) is 1.61. The first kappa shape index (κ1) is 13.3. The summed E-state index contributed by atoms with van der Waals surface area (Å²) in [5.74, 6) is 0.0736. The Morgan fingerprint density at radius 3 is 2.56 bits per heavy atom. The van der Waals surface area contributed by atoms with Crippen LogP contribution < -0.4 is 10.5 Å². The molecule has 0 spiro atoms. The molecular weight excluding hydrogens is 280 g/mol. The number of halogens is 3. The maximum Gasteiger partial charge on any atom is 0.387 e. The van der Waals surface area contributed by atoms with Crippen LogP contribution in [-0.4, -0.2) is 6.61 Å². The van der Waals surface area contributed by atoms with Crippen LogP contribution >= 0.6 is 22.9 Å². The molecule has 0 aliphatic heterocycles. The van der Waals surface area contributed by atoms with Gasteiger partial charge in [-0.1, -0.05) is 29.8 Å². The lowest BCUT2D eigenvalue weighted by atomic mass is 10.1. The fourth-order valence-corrected chi connectivity index (χ4v) is 2.80. The molecule has 1 aromatic heterocycles.